The number of carbonyl (C=O) groups is 2. The van der Waals surface area contributed by atoms with Crippen LogP contribution in [0.5, 0.6) is 0 Å². The quantitative estimate of drug-likeness (QED) is 0.919. The summed E-state index contributed by atoms with van der Waals surface area (Å²) in [5.74, 6) is -1.15. The second kappa shape index (κ2) is 6.75. The summed E-state index contributed by atoms with van der Waals surface area (Å²) in [7, 11) is 0. The van der Waals surface area contributed by atoms with Crippen LogP contribution in [0.2, 0.25) is 0 Å². The van der Waals surface area contributed by atoms with Crippen LogP contribution in [-0.2, 0) is 9.59 Å². The Bertz CT molecular complexity index is 669. The average molecular weight is 331 g/mol. The molecule has 1 amide bonds. The zero-order chi connectivity index (χ0) is 17.2. The summed E-state index contributed by atoms with van der Waals surface area (Å²) in [6, 6.07) is 6.46. The summed E-state index contributed by atoms with van der Waals surface area (Å²) in [5, 5.41) is 9.35. The van der Waals surface area contributed by atoms with Crippen LogP contribution in [0.25, 0.3) is 6.08 Å². The van der Waals surface area contributed by atoms with Crippen LogP contribution in [0.1, 0.15) is 44.1 Å². The molecule has 0 unspecified atom stereocenters. The van der Waals surface area contributed by atoms with Gasteiger partial charge in [-0.1, -0.05) is 30.2 Å². The van der Waals surface area contributed by atoms with Gasteiger partial charge in [0, 0.05) is 19.5 Å². The monoisotopic (exact) mass is 331 g/mol. The normalized spacial score (nSPS) is 19.5. The maximum absolute atomic E-state index is 13.2. The zero-order valence-electron chi connectivity index (χ0n) is 13.6. The third-order valence-electron chi connectivity index (χ3n) is 5.23. The van der Waals surface area contributed by atoms with Gasteiger partial charge >= 0.3 is 5.97 Å². The van der Waals surface area contributed by atoms with Crippen molar-refractivity contribution in [2.24, 2.45) is 5.41 Å². The molecular formula is C19H22FNO3. The van der Waals surface area contributed by atoms with Crippen molar-refractivity contribution in [1.82, 2.24) is 4.90 Å². The lowest BCUT2D eigenvalue weighted by molar-refractivity contribution is -0.159. The highest BCUT2D eigenvalue weighted by molar-refractivity contribution is 5.85. The van der Waals surface area contributed by atoms with Crippen molar-refractivity contribution in [2.75, 3.05) is 13.1 Å². The summed E-state index contributed by atoms with van der Waals surface area (Å²) in [5.41, 5.74) is 1.21. The van der Waals surface area contributed by atoms with E-state index in [4.69, 9.17) is 0 Å². The highest BCUT2D eigenvalue weighted by atomic mass is 19.1. The standard InChI is InChI=1S/C19H22FNO3/c20-16-4-1-3-15(12-16)11-14-5-9-21(10-6-14)17(22)13-19(18(23)24)7-2-8-19/h1,3-4,11-12H,2,5-10,13H2,(H,23,24). The number of likely N-dealkylation sites (tertiary alicyclic amines) is 1. The van der Waals surface area contributed by atoms with Gasteiger partial charge in [0.1, 0.15) is 5.82 Å². The first kappa shape index (κ1) is 16.7. The van der Waals surface area contributed by atoms with Crippen molar-refractivity contribution in [3.8, 4) is 0 Å². The van der Waals surface area contributed by atoms with E-state index in [1.807, 2.05) is 12.1 Å². The number of nitrogens with zero attached hydrogens (tertiary/aromatic N) is 1. The molecule has 0 radical (unpaired) electrons. The molecule has 2 fully saturated rings. The smallest absolute Gasteiger partial charge is 0.310 e. The average Bonchev–Trinajstić information content (AvgIpc) is 2.51. The van der Waals surface area contributed by atoms with Crippen LogP contribution in [0.4, 0.5) is 4.39 Å². The Morgan fingerprint density at radius 2 is 1.96 bits per heavy atom. The molecule has 0 aromatic heterocycles. The minimum absolute atomic E-state index is 0.0538. The Morgan fingerprint density at radius 3 is 2.50 bits per heavy atom. The van der Waals surface area contributed by atoms with Crippen LogP contribution in [0, 0.1) is 11.2 Å². The number of benzene rings is 1. The summed E-state index contributed by atoms with van der Waals surface area (Å²) >= 11 is 0. The minimum atomic E-state index is -0.842. The molecule has 1 saturated heterocycles. The Labute approximate surface area is 141 Å². The molecule has 4 nitrogen and oxygen atoms in total. The lowest BCUT2D eigenvalue weighted by atomic mass is 9.66. The molecule has 2 aliphatic rings. The zero-order valence-corrected chi connectivity index (χ0v) is 13.6. The third-order valence-corrected chi connectivity index (χ3v) is 5.23. The van der Waals surface area contributed by atoms with E-state index in [0.717, 1.165) is 24.8 Å². The van der Waals surface area contributed by atoms with Gasteiger partial charge in [-0.3, -0.25) is 9.59 Å². The first-order chi connectivity index (χ1) is 11.5. The summed E-state index contributed by atoms with van der Waals surface area (Å²) in [6.45, 7) is 1.21. The van der Waals surface area contributed by atoms with Crippen molar-refractivity contribution >= 4 is 18.0 Å². The molecule has 0 bridgehead atoms. The topological polar surface area (TPSA) is 57.6 Å². The van der Waals surface area contributed by atoms with Crippen LogP contribution < -0.4 is 0 Å². The molecule has 3 rings (SSSR count). The van der Waals surface area contributed by atoms with Gasteiger partial charge in [0.05, 0.1) is 5.41 Å². The fraction of sp³-hybridized carbons (Fsp3) is 0.474. The molecule has 0 atom stereocenters. The van der Waals surface area contributed by atoms with Gasteiger partial charge in [-0.2, -0.15) is 0 Å². The number of carboxylic acids is 1. The molecule has 1 aliphatic heterocycles. The predicted molar refractivity (Wildman–Crippen MR) is 88.7 cm³/mol. The lowest BCUT2D eigenvalue weighted by Crippen LogP contribution is -2.45. The van der Waals surface area contributed by atoms with Crippen molar-refractivity contribution in [3.63, 3.8) is 0 Å². The molecule has 128 valence electrons. The second-order valence-electron chi connectivity index (χ2n) is 6.85. The van der Waals surface area contributed by atoms with Crippen LogP contribution in [0.3, 0.4) is 0 Å². The van der Waals surface area contributed by atoms with Crippen molar-refractivity contribution in [2.45, 2.75) is 38.5 Å². The molecule has 1 aromatic rings. The van der Waals surface area contributed by atoms with Gasteiger partial charge in [0.15, 0.2) is 0 Å². The maximum Gasteiger partial charge on any atom is 0.310 e. The number of carbonyl (C=O) groups excluding carboxylic acids is 1. The predicted octanol–water partition coefficient (Wildman–Crippen LogP) is 3.48. The molecule has 1 heterocycles. The van der Waals surface area contributed by atoms with Gasteiger partial charge in [0.25, 0.3) is 0 Å². The second-order valence-corrected chi connectivity index (χ2v) is 6.85. The van der Waals surface area contributed by atoms with Crippen LogP contribution in [-0.4, -0.2) is 35.0 Å². The highest BCUT2D eigenvalue weighted by Gasteiger charge is 2.46. The molecular weight excluding hydrogens is 309 g/mol. The lowest BCUT2D eigenvalue weighted by Gasteiger charge is -2.39. The SMILES string of the molecule is O=C(CC1(C(=O)O)CCC1)N1CCC(=Cc2cccc(F)c2)CC1. The third kappa shape index (κ3) is 3.50. The van der Waals surface area contributed by atoms with Crippen LogP contribution in [0.15, 0.2) is 29.8 Å². The van der Waals surface area contributed by atoms with E-state index in [9.17, 15) is 19.1 Å². The number of carboxylic acid groups (broad SMARTS) is 1. The van der Waals surface area contributed by atoms with Gasteiger partial charge in [0.2, 0.25) is 5.91 Å². The molecule has 1 aliphatic carbocycles. The van der Waals surface area contributed by atoms with E-state index in [-0.39, 0.29) is 18.1 Å². The molecule has 1 N–H and O–H groups in total. The fourth-order valence-corrected chi connectivity index (χ4v) is 3.49. The van der Waals surface area contributed by atoms with E-state index in [1.165, 1.54) is 17.7 Å². The van der Waals surface area contributed by atoms with Gasteiger partial charge < -0.3 is 10.0 Å². The Hall–Kier alpha value is -2.17. The van der Waals surface area contributed by atoms with Crippen molar-refractivity contribution < 1.29 is 19.1 Å². The molecule has 24 heavy (non-hydrogen) atoms. The summed E-state index contributed by atoms with van der Waals surface area (Å²) in [6.07, 6.45) is 5.70. The number of aliphatic carboxylic acids is 1. The molecule has 1 saturated carbocycles. The fourth-order valence-electron chi connectivity index (χ4n) is 3.49. The Morgan fingerprint density at radius 1 is 1.25 bits per heavy atom. The summed E-state index contributed by atoms with van der Waals surface area (Å²) in [4.78, 5) is 25.6. The van der Waals surface area contributed by atoms with Gasteiger partial charge in [-0.15, -0.1) is 0 Å². The first-order valence-electron chi connectivity index (χ1n) is 8.45. The van der Waals surface area contributed by atoms with E-state index < -0.39 is 11.4 Å². The Balaban J connectivity index is 1.57. The summed E-state index contributed by atoms with van der Waals surface area (Å²) < 4.78 is 13.2. The molecule has 1 aromatic carbocycles. The number of hydrogen-bond donors (Lipinski definition) is 1. The van der Waals surface area contributed by atoms with Crippen LogP contribution >= 0.6 is 0 Å². The number of halogens is 1. The van der Waals surface area contributed by atoms with Crippen molar-refractivity contribution in [1.29, 1.82) is 0 Å². The largest absolute Gasteiger partial charge is 0.481 e. The van der Waals surface area contributed by atoms with E-state index in [0.29, 0.717) is 25.9 Å². The maximum atomic E-state index is 13.2. The van der Waals surface area contributed by atoms with E-state index >= 15 is 0 Å². The Kier molecular flexibility index (Phi) is 4.69. The number of amides is 1. The highest BCUT2D eigenvalue weighted by Crippen LogP contribution is 2.44. The first-order valence-corrected chi connectivity index (χ1v) is 8.45. The number of rotatable bonds is 4. The van der Waals surface area contributed by atoms with E-state index in [2.05, 4.69) is 0 Å². The van der Waals surface area contributed by atoms with E-state index in [1.54, 1.807) is 11.0 Å². The van der Waals surface area contributed by atoms with Gasteiger partial charge in [-0.25, -0.2) is 4.39 Å². The molecule has 0 spiro atoms. The number of hydrogen-bond acceptors (Lipinski definition) is 2. The minimum Gasteiger partial charge on any atom is -0.481 e. The van der Waals surface area contributed by atoms with Gasteiger partial charge in [-0.05, 0) is 43.4 Å². The number of piperidine rings is 1. The molecule has 5 heteroatoms. The van der Waals surface area contributed by atoms with Crippen molar-refractivity contribution in [3.05, 3.63) is 41.2 Å².